The third-order valence-corrected chi connectivity index (χ3v) is 6.09. The van der Waals surface area contributed by atoms with E-state index in [1.165, 1.54) is 5.56 Å². The van der Waals surface area contributed by atoms with E-state index in [0.29, 0.717) is 24.8 Å². The Kier molecular flexibility index (Phi) is 7.54. The smallest absolute Gasteiger partial charge is 0.222 e. The number of rotatable bonds is 9. The fraction of sp³-hybridized carbons (Fsp3) is 0.560. The molecule has 1 saturated heterocycles. The van der Waals surface area contributed by atoms with Crippen molar-refractivity contribution in [2.75, 3.05) is 13.2 Å². The summed E-state index contributed by atoms with van der Waals surface area (Å²) in [7, 11) is 0. The quantitative estimate of drug-likeness (QED) is 0.563. The van der Waals surface area contributed by atoms with Crippen LogP contribution < -0.4 is 0 Å². The van der Waals surface area contributed by atoms with Crippen molar-refractivity contribution < 1.29 is 13.9 Å². The zero-order valence-corrected chi connectivity index (χ0v) is 18.1. The van der Waals surface area contributed by atoms with E-state index < -0.39 is 0 Å². The summed E-state index contributed by atoms with van der Waals surface area (Å²) < 4.78 is 11.5. The lowest BCUT2D eigenvalue weighted by Crippen LogP contribution is -2.39. The first-order valence-corrected chi connectivity index (χ1v) is 10.9. The molecule has 158 valence electrons. The Hall–Kier alpha value is -2.07. The maximum atomic E-state index is 12.6. The molecule has 0 spiro atoms. The molecule has 0 unspecified atom stereocenters. The number of benzene rings is 1. The summed E-state index contributed by atoms with van der Waals surface area (Å²) in [6, 6.07) is 14.6. The molecule has 29 heavy (non-hydrogen) atoms. The van der Waals surface area contributed by atoms with Gasteiger partial charge in [0.2, 0.25) is 5.91 Å². The topological polar surface area (TPSA) is 42.7 Å². The normalized spacial score (nSPS) is 19.6. The van der Waals surface area contributed by atoms with E-state index in [1.54, 1.807) is 6.26 Å². The van der Waals surface area contributed by atoms with E-state index in [9.17, 15) is 4.79 Å². The second kappa shape index (κ2) is 10.1. The molecule has 4 nitrogen and oxygen atoms in total. The van der Waals surface area contributed by atoms with Crippen LogP contribution in [0.1, 0.15) is 57.8 Å². The van der Waals surface area contributed by atoms with Crippen molar-refractivity contribution in [3.63, 3.8) is 0 Å². The molecule has 0 bridgehead atoms. The molecule has 1 aromatic heterocycles. The van der Waals surface area contributed by atoms with Crippen molar-refractivity contribution in [1.82, 2.24) is 4.90 Å². The van der Waals surface area contributed by atoms with Gasteiger partial charge >= 0.3 is 0 Å². The van der Waals surface area contributed by atoms with Crippen LogP contribution in [-0.4, -0.2) is 29.6 Å². The molecule has 1 aliphatic heterocycles. The highest BCUT2D eigenvalue weighted by molar-refractivity contribution is 5.75. The molecule has 2 atom stereocenters. The van der Waals surface area contributed by atoms with Crippen LogP contribution in [-0.2, 0) is 22.5 Å². The maximum absolute atomic E-state index is 12.6. The first kappa shape index (κ1) is 21.6. The minimum atomic E-state index is -0.0645. The molecular weight excluding hydrogens is 362 g/mol. The zero-order chi connectivity index (χ0) is 20.7. The number of carbonyl (C=O) groups excluding carboxylic acids is 1. The molecule has 1 aliphatic rings. The predicted octanol–water partition coefficient (Wildman–Crippen LogP) is 5.47. The highest BCUT2D eigenvalue weighted by Gasteiger charge is 2.33. The van der Waals surface area contributed by atoms with Gasteiger partial charge in [-0.1, -0.05) is 37.3 Å². The highest BCUT2D eigenvalue weighted by Crippen LogP contribution is 2.36. The fourth-order valence-electron chi connectivity index (χ4n) is 4.53. The molecule has 0 N–H and O–H groups in total. The fourth-order valence-corrected chi connectivity index (χ4v) is 4.53. The molecule has 2 heterocycles. The van der Waals surface area contributed by atoms with E-state index in [2.05, 4.69) is 44.2 Å². The monoisotopic (exact) mass is 397 g/mol. The Morgan fingerprint density at radius 3 is 2.66 bits per heavy atom. The number of nitrogens with zero attached hydrogens (tertiary/aromatic N) is 1. The highest BCUT2D eigenvalue weighted by atomic mass is 16.5. The van der Waals surface area contributed by atoms with Crippen molar-refractivity contribution in [2.24, 2.45) is 11.8 Å². The van der Waals surface area contributed by atoms with Gasteiger partial charge in [-0.15, -0.1) is 0 Å². The van der Waals surface area contributed by atoms with Gasteiger partial charge in [0.1, 0.15) is 5.76 Å². The van der Waals surface area contributed by atoms with E-state index in [4.69, 9.17) is 9.15 Å². The molecule has 3 rings (SSSR count). The number of ether oxygens (including phenoxy) is 1. The maximum Gasteiger partial charge on any atom is 0.222 e. The number of amides is 1. The van der Waals surface area contributed by atoms with Gasteiger partial charge in [0, 0.05) is 19.6 Å². The summed E-state index contributed by atoms with van der Waals surface area (Å²) in [5, 5.41) is 0. The number of furan rings is 1. The molecule has 4 heteroatoms. The summed E-state index contributed by atoms with van der Waals surface area (Å²) in [4.78, 5) is 14.5. The van der Waals surface area contributed by atoms with Crippen LogP contribution in [0.4, 0.5) is 0 Å². The Balaban J connectivity index is 1.71. The Morgan fingerprint density at radius 2 is 2.00 bits per heavy atom. The number of hydrogen-bond donors (Lipinski definition) is 0. The minimum absolute atomic E-state index is 0.0645. The minimum Gasteiger partial charge on any atom is -0.467 e. The molecule has 1 aromatic carbocycles. The van der Waals surface area contributed by atoms with Crippen molar-refractivity contribution in [3.05, 3.63) is 60.1 Å². The van der Waals surface area contributed by atoms with Crippen LogP contribution >= 0.6 is 0 Å². The Bertz CT molecular complexity index is 739. The van der Waals surface area contributed by atoms with Gasteiger partial charge < -0.3 is 14.1 Å². The molecule has 0 radical (unpaired) electrons. The van der Waals surface area contributed by atoms with Gasteiger partial charge in [-0.25, -0.2) is 0 Å². The van der Waals surface area contributed by atoms with E-state index in [-0.39, 0.29) is 11.5 Å². The zero-order valence-electron chi connectivity index (χ0n) is 18.1. The van der Waals surface area contributed by atoms with Crippen LogP contribution in [0.25, 0.3) is 0 Å². The third kappa shape index (κ3) is 6.46. The van der Waals surface area contributed by atoms with Crippen molar-refractivity contribution in [3.8, 4) is 0 Å². The van der Waals surface area contributed by atoms with Crippen molar-refractivity contribution in [2.45, 2.75) is 65.0 Å². The van der Waals surface area contributed by atoms with Gasteiger partial charge in [-0.2, -0.15) is 0 Å². The lowest BCUT2D eigenvalue weighted by Gasteiger charge is -2.40. The summed E-state index contributed by atoms with van der Waals surface area (Å²) in [6.45, 7) is 8.47. The summed E-state index contributed by atoms with van der Waals surface area (Å²) in [5.74, 6) is 2.18. The first-order valence-electron chi connectivity index (χ1n) is 10.9. The summed E-state index contributed by atoms with van der Waals surface area (Å²) in [5.41, 5.74) is 1.31. The molecule has 2 aromatic rings. The van der Waals surface area contributed by atoms with Crippen LogP contribution in [0.5, 0.6) is 0 Å². The molecule has 1 amide bonds. The van der Waals surface area contributed by atoms with Crippen molar-refractivity contribution >= 4 is 5.91 Å². The number of carbonyl (C=O) groups is 1. The van der Waals surface area contributed by atoms with E-state index in [1.807, 2.05) is 24.0 Å². The third-order valence-electron chi connectivity index (χ3n) is 6.09. The predicted molar refractivity (Wildman–Crippen MR) is 115 cm³/mol. The second-order valence-corrected chi connectivity index (χ2v) is 8.85. The number of hydrogen-bond acceptors (Lipinski definition) is 3. The molecule has 0 aliphatic carbocycles. The van der Waals surface area contributed by atoms with E-state index >= 15 is 0 Å². The Morgan fingerprint density at radius 1 is 1.21 bits per heavy atom. The SMILES string of the molecule is CCC(=O)N(CC[C@@H](Cc1ccccc1)[C@@H]1CCOC(C)(C)C1)Cc1ccco1. The molecule has 0 saturated carbocycles. The van der Waals surface area contributed by atoms with Gasteiger partial charge in [0.05, 0.1) is 18.4 Å². The Labute approximate surface area is 175 Å². The van der Waals surface area contributed by atoms with Crippen molar-refractivity contribution in [1.29, 1.82) is 0 Å². The average Bonchev–Trinajstić information content (AvgIpc) is 3.22. The van der Waals surface area contributed by atoms with Crippen LogP contribution in [0.2, 0.25) is 0 Å². The van der Waals surface area contributed by atoms with Crippen LogP contribution in [0.3, 0.4) is 0 Å². The van der Waals surface area contributed by atoms with Gasteiger partial charge in [0.25, 0.3) is 0 Å². The van der Waals surface area contributed by atoms with Gasteiger partial charge in [-0.05, 0) is 69.1 Å². The summed E-state index contributed by atoms with van der Waals surface area (Å²) >= 11 is 0. The molecule has 1 fully saturated rings. The first-order chi connectivity index (χ1) is 14.0. The lowest BCUT2D eigenvalue weighted by molar-refractivity contribution is -0.132. The standard InChI is InChI=1S/C25H35NO3/c1-4-24(27)26(19-23-11-8-15-28-23)14-12-21(17-20-9-6-5-7-10-20)22-13-16-29-25(2,3)18-22/h5-11,15,21-22H,4,12-14,16-19H2,1-3H3/t21-,22+/m0/s1. The van der Waals surface area contributed by atoms with Crippen LogP contribution in [0, 0.1) is 11.8 Å². The van der Waals surface area contributed by atoms with Gasteiger partial charge in [0.15, 0.2) is 0 Å². The largest absolute Gasteiger partial charge is 0.467 e. The lowest BCUT2D eigenvalue weighted by atomic mass is 9.75. The second-order valence-electron chi connectivity index (χ2n) is 8.85. The molecular formula is C25H35NO3. The van der Waals surface area contributed by atoms with Gasteiger partial charge in [-0.3, -0.25) is 4.79 Å². The van der Waals surface area contributed by atoms with E-state index in [0.717, 1.165) is 44.6 Å². The summed E-state index contributed by atoms with van der Waals surface area (Å²) in [6.07, 6.45) is 6.42. The van der Waals surface area contributed by atoms with Crippen LogP contribution in [0.15, 0.2) is 53.1 Å². The average molecular weight is 398 g/mol.